The normalized spacial score (nSPS) is 17.5. The van der Waals surface area contributed by atoms with Gasteiger partial charge in [-0.1, -0.05) is 66.9 Å². The quantitative estimate of drug-likeness (QED) is 0.380. The minimum atomic E-state index is -1.08. The first-order valence-electron chi connectivity index (χ1n) is 11.6. The van der Waals surface area contributed by atoms with Crippen LogP contribution in [0.3, 0.4) is 0 Å². The molecule has 0 aromatic heterocycles. The van der Waals surface area contributed by atoms with Gasteiger partial charge in [0, 0.05) is 23.7 Å². The lowest BCUT2D eigenvalue weighted by atomic mass is 9.76. The molecule has 3 aromatic carbocycles. The van der Waals surface area contributed by atoms with E-state index in [0.29, 0.717) is 22.9 Å². The van der Waals surface area contributed by atoms with Crippen molar-refractivity contribution in [1.82, 2.24) is 5.32 Å². The molecule has 1 fully saturated rings. The van der Waals surface area contributed by atoms with E-state index in [1.54, 1.807) is 12.1 Å². The van der Waals surface area contributed by atoms with Crippen LogP contribution in [0, 0.1) is 23.5 Å². The van der Waals surface area contributed by atoms with E-state index in [1.807, 2.05) is 42.5 Å². The van der Waals surface area contributed by atoms with Gasteiger partial charge in [-0.15, -0.1) is 0 Å². The minimum absolute atomic E-state index is 0.0930. The average Bonchev–Trinajstić information content (AvgIpc) is 3.48. The van der Waals surface area contributed by atoms with Gasteiger partial charge in [-0.25, -0.2) is 8.78 Å². The first-order valence-corrected chi connectivity index (χ1v) is 12.0. The molecule has 7 heteroatoms. The van der Waals surface area contributed by atoms with Crippen molar-refractivity contribution in [3.8, 4) is 0 Å². The standard InChI is InChI=1S/C27H26ClF2N3O/c28-20-12-10-19(11-13-20)27(32-23-14-21(29)22(30)15-24(23)33-27)25(18-8-4-5-9-18)26(34)31-16-17-6-2-1-3-7-17/h1-3,6-7,10-15,18,25,32-33H,4-5,8-9,16H2,(H,31,34). The monoisotopic (exact) mass is 481 g/mol. The number of carbonyl (C=O) groups excluding carboxylic acids is 1. The highest BCUT2D eigenvalue weighted by molar-refractivity contribution is 6.30. The van der Waals surface area contributed by atoms with Crippen LogP contribution < -0.4 is 16.0 Å². The molecule has 1 atom stereocenters. The second-order valence-electron chi connectivity index (χ2n) is 9.10. The Morgan fingerprint density at radius 3 is 2.15 bits per heavy atom. The minimum Gasteiger partial charge on any atom is -0.357 e. The second-order valence-corrected chi connectivity index (χ2v) is 9.54. The van der Waals surface area contributed by atoms with E-state index in [2.05, 4.69) is 16.0 Å². The van der Waals surface area contributed by atoms with Crippen molar-refractivity contribution < 1.29 is 13.6 Å². The molecule has 0 radical (unpaired) electrons. The lowest BCUT2D eigenvalue weighted by Gasteiger charge is -2.41. The number of hydrogen-bond donors (Lipinski definition) is 3. The van der Waals surface area contributed by atoms with Gasteiger partial charge in [0.05, 0.1) is 17.3 Å². The van der Waals surface area contributed by atoms with Crippen LogP contribution in [0.4, 0.5) is 20.2 Å². The number of nitrogens with one attached hydrogen (secondary N) is 3. The van der Waals surface area contributed by atoms with Crippen LogP contribution >= 0.6 is 11.6 Å². The van der Waals surface area contributed by atoms with Gasteiger partial charge in [0.2, 0.25) is 5.91 Å². The smallest absolute Gasteiger partial charge is 0.228 e. The molecule has 5 rings (SSSR count). The fourth-order valence-electron chi connectivity index (χ4n) is 5.35. The third kappa shape index (κ3) is 4.23. The second kappa shape index (κ2) is 9.26. The van der Waals surface area contributed by atoms with Crippen molar-refractivity contribution in [3.05, 3.63) is 94.5 Å². The van der Waals surface area contributed by atoms with Gasteiger partial charge in [0.25, 0.3) is 0 Å². The van der Waals surface area contributed by atoms with E-state index in [0.717, 1.165) is 48.9 Å². The van der Waals surface area contributed by atoms with Crippen LogP contribution in [-0.2, 0) is 17.0 Å². The topological polar surface area (TPSA) is 53.2 Å². The van der Waals surface area contributed by atoms with Crippen molar-refractivity contribution in [3.63, 3.8) is 0 Å². The summed E-state index contributed by atoms with van der Waals surface area (Å²) in [6.45, 7) is 0.399. The molecule has 1 aliphatic heterocycles. The Balaban J connectivity index is 1.56. The van der Waals surface area contributed by atoms with Gasteiger partial charge in [-0.05, 0) is 42.0 Å². The summed E-state index contributed by atoms with van der Waals surface area (Å²) in [7, 11) is 0. The maximum atomic E-state index is 14.1. The SMILES string of the molecule is O=C(NCc1ccccc1)C(C1CCCC1)C1(c2ccc(Cl)cc2)Nc2cc(F)c(F)cc2N1. The highest BCUT2D eigenvalue weighted by atomic mass is 35.5. The molecule has 3 aromatic rings. The summed E-state index contributed by atoms with van der Waals surface area (Å²) in [6, 6.07) is 19.3. The van der Waals surface area contributed by atoms with Gasteiger partial charge in [0.15, 0.2) is 11.6 Å². The summed E-state index contributed by atoms with van der Waals surface area (Å²) >= 11 is 6.16. The summed E-state index contributed by atoms with van der Waals surface area (Å²) in [4.78, 5) is 13.9. The molecule has 2 aliphatic rings. The summed E-state index contributed by atoms with van der Waals surface area (Å²) in [6.07, 6.45) is 3.89. The highest BCUT2D eigenvalue weighted by Gasteiger charge is 2.52. The predicted octanol–water partition coefficient (Wildman–Crippen LogP) is 6.43. The number of hydrogen-bond acceptors (Lipinski definition) is 3. The fourth-order valence-corrected chi connectivity index (χ4v) is 5.48. The molecule has 1 aliphatic carbocycles. The van der Waals surface area contributed by atoms with Gasteiger partial charge in [-0.3, -0.25) is 4.79 Å². The Labute approximate surface area is 202 Å². The van der Waals surface area contributed by atoms with E-state index in [9.17, 15) is 13.6 Å². The number of carbonyl (C=O) groups is 1. The van der Waals surface area contributed by atoms with E-state index in [-0.39, 0.29) is 11.8 Å². The van der Waals surface area contributed by atoms with Crippen molar-refractivity contribution in [2.75, 3.05) is 10.6 Å². The number of fused-ring (bicyclic) bond motifs is 1. The molecule has 1 unspecified atom stereocenters. The van der Waals surface area contributed by atoms with Crippen LogP contribution in [0.1, 0.15) is 36.8 Å². The lowest BCUT2D eigenvalue weighted by molar-refractivity contribution is -0.128. The molecule has 0 saturated heterocycles. The van der Waals surface area contributed by atoms with E-state index < -0.39 is 23.2 Å². The molecule has 0 spiro atoms. The number of benzene rings is 3. The molecule has 3 N–H and O–H groups in total. The summed E-state index contributed by atoms with van der Waals surface area (Å²) in [5, 5.41) is 10.5. The molecule has 34 heavy (non-hydrogen) atoms. The van der Waals surface area contributed by atoms with Crippen molar-refractivity contribution in [2.45, 2.75) is 37.9 Å². The Kier molecular flexibility index (Phi) is 6.17. The van der Waals surface area contributed by atoms with Gasteiger partial charge in [-0.2, -0.15) is 0 Å². The highest BCUT2D eigenvalue weighted by Crippen LogP contribution is 2.49. The largest absolute Gasteiger partial charge is 0.357 e. The molecule has 1 saturated carbocycles. The third-order valence-electron chi connectivity index (χ3n) is 6.95. The van der Waals surface area contributed by atoms with Crippen molar-refractivity contribution in [2.24, 2.45) is 11.8 Å². The molecule has 0 bridgehead atoms. The lowest BCUT2D eigenvalue weighted by Crippen LogP contribution is -2.54. The van der Waals surface area contributed by atoms with Gasteiger partial charge < -0.3 is 16.0 Å². The zero-order chi connectivity index (χ0) is 23.7. The van der Waals surface area contributed by atoms with Crippen molar-refractivity contribution in [1.29, 1.82) is 0 Å². The van der Waals surface area contributed by atoms with E-state index >= 15 is 0 Å². The number of rotatable bonds is 6. The van der Waals surface area contributed by atoms with Crippen molar-refractivity contribution >= 4 is 28.9 Å². The maximum absolute atomic E-state index is 14.1. The van der Waals surface area contributed by atoms with Crippen LogP contribution in [0.25, 0.3) is 0 Å². The summed E-state index contributed by atoms with van der Waals surface area (Å²) in [5.74, 6) is -2.43. The Morgan fingerprint density at radius 2 is 1.56 bits per heavy atom. The van der Waals surface area contributed by atoms with Crippen LogP contribution in [0.15, 0.2) is 66.7 Å². The van der Waals surface area contributed by atoms with Crippen LogP contribution in [0.5, 0.6) is 0 Å². The fraction of sp³-hybridized carbons (Fsp3) is 0.296. The summed E-state index contributed by atoms with van der Waals surface area (Å²) < 4.78 is 28.2. The molecule has 4 nitrogen and oxygen atoms in total. The van der Waals surface area contributed by atoms with Gasteiger partial charge >= 0.3 is 0 Å². The predicted molar refractivity (Wildman–Crippen MR) is 130 cm³/mol. The first-order chi connectivity index (χ1) is 16.5. The molecular formula is C27H26ClF2N3O. The number of amides is 1. The Morgan fingerprint density at radius 1 is 0.971 bits per heavy atom. The molecular weight excluding hydrogens is 456 g/mol. The summed E-state index contributed by atoms with van der Waals surface area (Å²) in [5.41, 5.74) is 1.55. The Hall–Kier alpha value is -3.12. The number of halogens is 3. The first kappa shape index (κ1) is 22.7. The average molecular weight is 482 g/mol. The zero-order valence-corrected chi connectivity index (χ0v) is 19.3. The zero-order valence-electron chi connectivity index (χ0n) is 18.6. The van der Waals surface area contributed by atoms with Crippen LogP contribution in [-0.4, -0.2) is 5.91 Å². The number of anilines is 2. The van der Waals surface area contributed by atoms with Gasteiger partial charge in [0.1, 0.15) is 5.66 Å². The molecule has 176 valence electrons. The molecule has 1 amide bonds. The van der Waals surface area contributed by atoms with E-state index in [1.165, 1.54) is 0 Å². The maximum Gasteiger partial charge on any atom is 0.228 e. The van der Waals surface area contributed by atoms with Crippen LogP contribution in [0.2, 0.25) is 5.02 Å². The van der Waals surface area contributed by atoms with E-state index in [4.69, 9.17) is 11.6 Å². The Bertz CT molecular complexity index is 1150. The third-order valence-corrected chi connectivity index (χ3v) is 7.21. The molecule has 1 heterocycles.